The molecule has 2 fully saturated rings. The molecule has 0 saturated carbocycles. The summed E-state index contributed by atoms with van der Waals surface area (Å²) < 4.78 is 5.14. The SMILES string of the molecule is CC(=O)N[C@@H](CCCCNC(=O)CCCC[C@H]1SC[C@H]2NC(=O)N[C@H]21)C(=O)N[C@@H](Cc1ccc(O)cc1)C(=O)NCCCCCN[C@@H](CCC(=O)O)C(=O)N[C@H](C(=O)NN(CC(=O)O)C(=O)COC(=O)c1cc(C)ccc1C)C(C)C. The number of hydrazine groups is 1. The van der Waals surface area contributed by atoms with Crippen molar-refractivity contribution in [1.29, 1.82) is 0 Å². The zero-order valence-electron chi connectivity index (χ0n) is 46.7. The van der Waals surface area contributed by atoms with Gasteiger partial charge in [-0.1, -0.05) is 56.5 Å². The molecule has 2 aliphatic heterocycles. The van der Waals surface area contributed by atoms with Gasteiger partial charge in [0, 0.05) is 50.3 Å². The van der Waals surface area contributed by atoms with E-state index in [2.05, 4.69) is 48.0 Å². The summed E-state index contributed by atoms with van der Waals surface area (Å²) in [6.07, 6.45) is 4.98. The predicted octanol–water partition coefficient (Wildman–Crippen LogP) is 1.61. The van der Waals surface area contributed by atoms with E-state index in [4.69, 9.17) is 4.74 Å². The number of carbonyl (C=O) groups is 11. The molecular formula is C55H80N10O15S. The van der Waals surface area contributed by atoms with Gasteiger partial charge in [-0.2, -0.15) is 11.8 Å². The number of rotatable bonds is 35. The summed E-state index contributed by atoms with van der Waals surface area (Å²) in [7, 11) is 0. The van der Waals surface area contributed by atoms with Crippen molar-refractivity contribution in [3.05, 3.63) is 64.7 Å². The number of ether oxygens (including phenoxy) is 1. The Hall–Kier alpha value is -7.48. The summed E-state index contributed by atoms with van der Waals surface area (Å²) in [6, 6.07) is 6.84. The Bertz CT molecular complexity index is 2520. The van der Waals surface area contributed by atoms with E-state index in [0.29, 0.717) is 72.9 Å². The fourth-order valence-electron chi connectivity index (χ4n) is 9.11. The second-order valence-electron chi connectivity index (χ2n) is 20.7. The van der Waals surface area contributed by atoms with Crippen molar-refractivity contribution in [2.24, 2.45) is 5.92 Å². The van der Waals surface area contributed by atoms with Crippen LogP contribution in [0.1, 0.15) is 125 Å². The van der Waals surface area contributed by atoms with Crippen molar-refractivity contribution in [3.8, 4) is 5.75 Å². The Morgan fingerprint density at radius 1 is 0.728 bits per heavy atom. The van der Waals surface area contributed by atoms with E-state index in [-0.39, 0.29) is 67.7 Å². The van der Waals surface area contributed by atoms with Crippen molar-refractivity contribution in [3.63, 3.8) is 0 Å². The van der Waals surface area contributed by atoms with Crippen LogP contribution in [-0.4, -0.2) is 166 Å². The largest absolute Gasteiger partial charge is 0.508 e. The molecule has 25 nitrogen and oxygen atoms in total. The number of benzene rings is 2. The van der Waals surface area contributed by atoms with Crippen molar-refractivity contribution < 1.29 is 72.8 Å². The van der Waals surface area contributed by atoms with Crippen LogP contribution in [0.3, 0.4) is 0 Å². The minimum atomic E-state index is -1.50. The first-order valence-electron chi connectivity index (χ1n) is 27.4. The van der Waals surface area contributed by atoms with Gasteiger partial charge in [-0.3, -0.25) is 48.6 Å². The molecule has 0 aliphatic carbocycles. The zero-order chi connectivity index (χ0) is 59.6. The third kappa shape index (κ3) is 23.6. The van der Waals surface area contributed by atoms with Crippen LogP contribution in [0.4, 0.5) is 4.79 Å². The molecule has 26 heteroatoms. The number of aryl methyl sites for hydroxylation is 2. The van der Waals surface area contributed by atoms with Crippen LogP contribution >= 0.6 is 11.8 Å². The van der Waals surface area contributed by atoms with Crippen molar-refractivity contribution in [2.75, 3.05) is 38.5 Å². The fraction of sp³-hybridized carbons (Fsp3) is 0.582. The Balaban J connectivity index is 1.24. The molecule has 7 atom stereocenters. The zero-order valence-corrected chi connectivity index (χ0v) is 47.5. The van der Waals surface area contributed by atoms with E-state index in [1.54, 1.807) is 58.0 Å². The fourth-order valence-corrected chi connectivity index (χ4v) is 10.7. The van der Waals surface area contributed by atoms with Gasteiger partial charge < -0.3 is 62.6 Å². The third-order valence-corrected chi connectivity index (χ3v) is 15.1. The van der Waals surface area contributed by atoms with Gasteiger partial charge >= 0.3 is 23.9 Å². The number of carbonyl (C=O) groups excluding carboxylic acids is 9. The highest BCUT2D eigenvalue weighted by atomic mass is 32.2. The lowest BCUT2D eigenvalue weighted by atomic mass is 10.0. The number of aliphatic carboxylic acids is 2. The summed E-state index contributed by atoms with van der Waals surface area (Å²) in [5, 5.41) is 52.3. The summed E-state index contributed by atoms with van der Waals surface area (Å²) in [6.45, 7) is 6.74. The quantitative estimate of drug-likeness (QED) is 0.0202. The van der Waals surface area contributed by atoms with E-state index >= 15 is 0 Å². The second-order valence-corrected chi connectivity index (χ2v) is 21.9. The van der Waals surface area contributed by atoms with Gasteiger partial charge in [0.15, 0.2) is 6.61 Å². The molecule has 12 N–H and O–H groups in total. The lowest BCUT2D eigenvalue weighted by molar-refractivity contribution is -0.152. The predicted molar refractivity (Wildman–Crippen MR) is 298 cm³/mol. The van der Waals surface area contributed by atoms with Gasteiger partial charge in [0.1, 0.15) is 30.4 Å². The molecule has 2 aromatic carbocycles. The first-order chi connectivity index (χ1) is 38.5. The topological polar surface area (TPSA) is 369 Å². The average Bonchev–Trinajstić information content (AvgIpc) is 4.00. The van der Waals surface area contributed by atoms with Crippen LogP contribution in [-0.2, 0) is 54.3 Å². The highest BCUT2D eigenvalue weighted by Gasteiger charge is 2.42. The number of thioether (sulfide) groups is 1. The van der Waals surface area contributed by atoms with Gasteiger partial charge in [-0.15, -0.1) is 0 Å². The standard InChI is InChI=1S/C55H80N10O15S/c1-32(2)48(53(77)64-65(29-47(72)73)45(69)30-80-54(78)38-27-33(3)16-17-34(38)4)62-51(75)39(22-23-46(70)71)56-24-10-6-11-26-58-50(74)41(28-36-18-20-37(67)21-19-36)60-52(76)40(59-35(5)66)13-9-12-25-57-44(68)15-8-7-14-43-49-42(31-81-43)61-55(79)63-49/h16-21,27,32,39-43,48-49,56,67H,6-15,22-26,28-31H2,1-5H3,(H,57,68)(H,58,74)(H,59,66)(H,60,76)(H,62,75)(H,64,77)(H,70,71)(H,72,73)(H2,61,63,79)/t39-,40-,41-,42+,43+,48-,49+/m0/s1. The molecule has 0 unspecified atom stereocenters. The summed E-state index contributed by atoms with van der Waals surface area (Å²) >= 11 is 1.83. The molecule has 0 spiro atoms. The van der Waals surface area contributed by atoms with Crippen LogP contribution in [0.2, 0.25) is 0 Å². The first kappa shape index (κ1) is 66.0. The molecule has 2 aromatic rings. The van der Waals surface area contributed by atoms with Crippen LogP contribution in [0.25, 0.3) is 0 Å². The van der Waals surface area contributed by atoms with E-state index < -0.39 is 103 Å². The number of phenols is 1. The number of phenolic OH excluding ortho intramolecular Hbond substituents is 1. The van der Waals surface area contributed by atoms with Crippen LogP contribution < -0.4 is 48.0 Å². The molecule has 0 aromatic heterocycles. The molecule has 0 bridgehead atoms. The Morgan fingerprint density at radius 3 is 2.11 bits per heavy atom. The maximum atomic E-state index is 13.7. The number of nitrogens with one attached hydrogen (secondary N) is 9. The average molecular weight is 1150 g/mol. The number of fused-ring (bicyclic) bond motifs is 1. The number of hydrogen-bond donors (Lipinski definition) is 12. The number of carboxylic acids is 2. The van der Waals surface area contributed by atoms with E-state index in [9.17, 15) is 68.1 Å². The van der Waals surface area contributed by atoms with Gasteiger partial charge in [-0.25, -0.2) is 14.6 Å². The smallest absolute Gasteiger partial charge is 0.338 e. The number of esters is 1. The minimum absolute atomic E-state index is 0.0101. The number of unbranched alkanes of at least 4 members (excludes halogenated alkanes) is 4. The molecular weight excluding hydrogens is 1070 g/mol. The number of urea groups is 1. The van der Waals surface area contributed by atoms with E-state index in [1.165, 1.54) is 19.1 Å². The lowest BCUT2D eigenvalue weighted by Crippen LogP contribution is -2.59. The molecule has 81 heavy (non-hydrogen) atoms. The summed E-state index contributed by atoms with van der Waals surface area (Å²) in [4.78, 5) is 140. The van der Waals surface area contributed by atoms with Gasteiger partial charge in [0.05, 0.1) is 23.7 Å². The maximum absolute atomic E-state index is 13.7. The molecule has 446 valence electrons. The Morgan fingerprint density at radius 2 is 1.42 bits per heavy atom. The molecule has 2 aliphatic rings. The van der Waals surface area contributed by atoms with Crippen molar-refractivity contribution in [1.82, 2.24) is 53.0 Å². The highest BCUT2D eigenvalue weighted by Crippen LogP contribution is 2.33. The molecule has 2 heterocycles. The second kappa shape index (κ2) is 34.0. The van der Waals surface area contributed by atoms with Crippen LogP contribution in [0.5, 0.6) is 5.75 Å². The Labute approximate surface area is 475 Å². The lowest BCUT2D eigenvalue weighted by Gasteiger charge is -2.28. The molecule has 0 radical (unpaired) electrons. The molecule has 4 rings (SSSR count). The first-order valence-corrected chi connectivity index (χ1v) is 28.5. The number of aromatic hydroxyl groups is 1. The summed E-state index contributed by atoms with van der Waals surface area (Å²) in [5.41, 5.74) is 4.38. The van der Waals surface area contributed by atoms with Crippen LogP contribution in [0, 0.1) is 19.8 Å². The van der Waals surface area contributed by atoms with Crippen molar-refractivity contribution >= 4 is 77.1 Å². The van der Waals surface area contributed by atoms with Gasteiger partial charge in [0.25, 0.3) is 11.8 Å². The molecule has 9 amide bonds. The summed E-state index contributed by atoms with van der Waals surface area (Å²) in [5.74, 6) is -7.63. The number of carboxylic acid groups (broad SMARTS) is 2. The third-order valence-electron chi connectivity index (χ3n) is 13.6. The van der Waals surface area contributed by atoms with Crippen molar-refractivity contribution in [2.45, 2.75) is 160 Å². The highest BCUT2D eigenvalue weighted by molar-refractivity contribution is 8.00. The monoisotopic (exact) mass is 1150 g/mol. The minimum Gasteiger partial charge on any atom is -0.508 e. The normalized spacial score (nSPS) is 16.7. The Kier molecular flexibility index (Phi) is 27.7. The molecule has 2 saturated heterocycles. The van der Waals surface area contributed by atoms with E-state index in [1.807, 2.05) is 11.8 Å². The van der Waals surface area contributed by atoms with Gasteiger partial charge in [0.2, 0.25) is 29.5 Å². The number of amides is 9. The number of hydrogen-bond acceptors (Lipinski definition) is 15. The maximum Gasteiger partial charge on any atom is 0.338 e. The van der Waals surface area contributed by atoms with Gasteiger partial charge in [-0.05, 0) is 107 Å². The number of nitrogens with zero attached hydrogens (tertiary/aromatic N) is 1. The van der Waals surface area contributed by atoms with Crippen LogP contribution in [0.15, 0.2) is 42.5 Å². The van der Waals surface area contributed by atoms with E-state index in [0.717, 1.165) is 24.2 Å².